The molecule has 0 amide bonds. The molecule has 0 aromatic heterocycles. The first-order chi connectivity index (χ1) is 10.1. The van der Waals surface area contributed by atoms with Crippen LogP contribution in [0.3, 0.4) is 0 Å². The first kappa shape index (κ1) is 15.8. The summed E-state index contributed by atoms with van der Waals surface area (Å²) in [5.41, 5.74) is 1.87. The minimum atomic E-state index is -0.559. The highest BCUT2D eigenvalue weighted by atomic mass is 35.5. The molecular weight excluding hydrogens is 286 g/mol. The molecule has 0 spiro atoms. The minimum Gasteiger partial charge on any atom is -0.496 e. The minimum absolute atomic E-state index is 0.0870. The van der Waals surface area contributed by atoms with Gasteiger partial charge in [0.15, 0.2) is 0 Å². The standard InChI is InChI=1S/C17H20ClNO2/c1-12(17(20)13-6-4-3-5-7-13)19-11-14-10-15(18)8-9-16(14)21-2/h3-10,12,17,19-20H,11H2,1-2H3/t12-,17+/m1/s1. The zero-order valence-electron chi connectivity index (χ0n) is 12.2. The lowest BCUT2D eigenvalue weighted by Crippen LogP contribution is -2.31. The number of aliphatic hydroxyl groups is 1. The molecule has 0 bridgehead atoms. The van der Waals surface area contributed by atoms with Crippen molar-refractivity contribution in [1.29, 1.82) is 0 Å². The second kappa shape index (κ2) is 7.46. The zero-order chi connectivity index (χ0) is 15.2. The Morgan fingerprint density at radius 1 is 1.19 bits per heavy atom. The van der Waals surface area contributed by atoms with Crippen molar-refractivity contribution >= 4 is 11.6 Å². The van der Waals surface area contributed by atoms with Gasteiger partial charge in [-0.2, -0.15) is 0 Å². The maximum atomic E-state index is 10.3. The van der Waals surface area contributed by atoms with Crippen LogP contribution in [0.25, 0.3) is 0 Å². The van der Waals surface area contributed by atoms with Crippen molar-refractivity contribution in [2.45, 2.75) is 25.6 Å². The van der Waals surface area contributed by atoms with Crippen molar-refractivity contribution < 1.29 is 9.84 Å². The highest BCUT2D eigenvalue weighted by Gasteiger charge is 2.16. The van der Waals surface area contributed by atoms with E-state index >= 15 is 0 Å². The topological polar surface area (TPSA) is 41.5 Å². The SMILES string of the molecule is COc1ccc(Cl)cc1CN[C@H](C)[C@H](O)c1ccccc1. The Hall–Kier alpha value is -1.55. The van der Waals surface area contributed by atoms with E-state index in [2.05, 4.69) is 5.32 Å². The van der Waals surface area contributed by atoms with Gasteiger partial charge in [-0.05, 0) is 30.7 Å². The second-order valence-electron chi connectivity index (χ2n) is 4.98. The number of hydrogen-bond donors (Lipinski definition) is 2. The predicted molar refractivity (Wildman–Crippen MR) is 85.7 cm³/mol. The molecular formula is C17H20ClNO2. The summed E-state index contributed by atoms with van der Waals surface area (Å²) in [6.07, 6.45) is -0.559. The number of rotatable bonds is 6. The average Bonchev–Trinajstić information content (AvgIpc) is 2.52. The molecule has 2 aromatic rings. The number of halogens is 1. The van der Waals surface area contributed by atoms with E-state index in [4.69, 9.17) is 16.3 Å². The van der Waals surface area contributed by atoms with Gasteiger partial charge >= 0.3 is 0 Å². The molecule has 4 heteroatoms. The Labute approximate surface area is 130 Å². The maximum Gasteiger partial charge on any atom is 0.123 e. The van der Waals surface area contributed by atoms with Gasteiger partial charge in [0.25, 0.3) is 0 Å². The van der Waals surface area contributed by atoms with E-state index in [0.29, 0.717) is 11.6 Å². The van der Waals surface area contributed by atoms with Crippen LogP contribution in [0, 0.1) is 0 Å². The van der Waals surface area contributed by atoms with Crippen LogP contribution in [-0.2, 0) is 6.54 Å². The van der Waals surface area contributed by atoms with Crippen molar-refractivity contribution in [3.63, 3.8) is 0 Å². The Kier molecular flexibility index (Phi) is 5.62. The van der Waals surface area contributed by atoms with Crippen LogP contribution in [0.5, 0.6) is 5.75 Å². The Balaban J connectivity index is 2.01. The molecule has 21 heavy (non-hydrogen) atoms. The van der Waals surface area contributed by atoms with Crippen molar-refractivity contribution in [2.75, 3.05) is 7.11 Å². The van der Waals surface area contributed by atoms with Crippen molar-refractivity contribution in [3.8, 4) is 5.75 Å². The molecule has 2 atom stereocenters. The number of methoxy groups -OCH3 is 1. The van der Waals surface area contributed by atoms with E-state index in [1.165, 1.54) is 0 Å². The molecule has 2 aromatic carbocycles. The number of nitrogens with one attached hydrogen (secondary N) is 1. The normalized spacial score (nSPS) is 13.7. The van der Waals surface area contributed by atoms with Crippen LogP contribution in [0.15, 0.2) is 48.5 Å². The van der Waals surface area contributed by atoms with Crippen LogP contribution in [0.4, 0.5) is 0 Å². The third kappa shape index (κ3) is 4.21. The molecule has 2 rings (SSSR count). The lowest BCUT2D eigenvalue weighted by atomic mass is 10.0. The molecule has 0 radical (unpaired) electrons. The average molecular weight is 306 g/mol. The van der Waals surface area contributed by atoms with Gasteiger partial charge in [-0.3, -0.25) is 0 Å². The smallest absolute Gasteiger partial charge is 0.123 e. The second-order valence-corrected chi connectivity index (χ2v) is 5.42. The summed E-state index contributed by atoms with van der Waals surface area (Å²) in [5, 5.41) is 14.3. The highest BCUT2D eigenvalue weighted by Crippen LogP contribution is 2.23. The van der Waals surface area contributed by atoms with E-state index < -0.39 is 6.10 Å². The summed E-state index contributed by atoms with van der Waals surface area (Å²) < 4.78 is 5.32. The number of ether oxygens (including phenoxy) is 1. The third-order valence-corrected chi connectivity index (χ3v) is 3.71. The van der Waals surface area contributed by atoms with Gasteiger partial charge < -0.3 is 15.2 Å². The monoisotopic (exact) mass is 305 g/mol. The van der Waals surface area contributed by atoms with Gasteiger partial charge in [0.05, 0.1) is 13.2 Å². The van der Waals surface area contributed by atoms with Gasteiger partial charge in [0.1, 0.15) is 5.75 Å². The largest absolute Gasteiger partial charge is 0.496 e. The van der Waals surface area contributed by atoms with E-state index in [9.17, 15) is 5.11 Å². The quantitative estimate of drug-likeness (QED) is 0.857. The Morgan fingerprint density at radius 2 is 1.90 bits per heavy atom. The number of benzene rings is 2. The molecule has 0 fully saturated rings. The maximum absolute atomic E-state index is 10.3. The summed E-state index contributed by atoms with van der Waals surface area (Å²) >= 11 is 6.01. The van der Waals surface area contributed by atoms with Crippen LogP contribution in [-0.4, -0.2) is 18.3 Å². The fourth-order valence-corrected chi connectivity index (χ4v) is 2.40. The van der Waals surface area contributed by atoms with Crippen LogP contribution in [0.1, 0.15) is 24.2 Å². The van der Waals surface area contributed by atoms with Gasteiger partial charge in [-0.25, -0.2) is 0 Å². The molecule has 3 nitrogen and oxygen atoms in total. The first-order valence-corrected chi connectivity index (χ1v) is 7.28. The fraction of sp³-hybridized carbons (Fsp3) is 0.294. The van der Waals surface area contributed by atoms with Gasteiger partial charge in [-0.15, -0.1) is 0 Å². The summed E-state index contributed by atoms with van der Waals surface area (Å²) in [6.45, 7) is 2.53. The van der Waals surface area contributed by atoms with E-state index in [0.717, 1.165) is 16.9 Å². The highest BCUT2D eigenvalue weighted by molar-refractivity contribution is 6.30. The molecule has 112 valence electrons. The van der Waals surface area contributed by atoms with E-state index in [-0.39, 0.29) is 6.04 Å². The summed E-state index contributed by atoms with van der Waals surface area (Å²) in [4.78, 5) is 0. The van der Waals surface area contributed by atoms with Gasteiger partial charge in [-0.1, -0.05) is 41.9 Å². The molecule has 2 N–H and O–H groups in total. The molecule has 0 unspecified atom stereocenters. The molecule has 0 saturated carbocycles. The molecule has 0 aliphatic carbocycles. The third-order valence-electron chi connectivity index (χ3n) is 3.47. The molecule has 0 saturated heterocycles. The van der Waals surface area contributed by atoms with Crippen LogP contribution < -0.4 is 10.1 Å². The first-order valence-electron chi connectivity index (χ1n) is 6.90. The van der Waals surface area contributed by atoms with E-state index in [1.54, 1.807) is 13.2 Å². The number of hydrogen-bond acceptors (Lipinski definition) is 3. The lowest BCUT2D eigenvalue weighted by molar-refractivity contribution is 0.135. The van der Waals surface area contributed by atoms with Crippen LogP contribution >= 0.6 is 11.6 Å². The van der Waals surface area contributed by atoms with Crippen LogP contribution in [0.2, 0.25) is 5.02 Å². The Morgan fingerprint density at radius 3 is 2.57 bits per heavy atom. The van der Waals surface area contributed by atoms with Gasteiger partial charge in [0.2, 0.25) is 0 Å². The molecule has 0 aliphatic rings. The summed E-state index contributed by atoms with van der Waals surface area (Å²) in [7, 11) is 1.63. The van der Waals surface area contributed by atoms with Crippen molar-refractivity contribution in [2.24, 2.45) is 0 Å². The summed E-state index contributed by atoms with van der Waals surface area (Å²) in [5.74, 6) is 0.785. The Bertz CT molecular complexity index is 574. The van der Waals surface area contributed by atoms with Gasteiger partial charge in [0, 0.05) is 23.2 Å². The molecule has 0 aliphatic heterocycles. The predicted octanol–water partition coefficient (Wildman–Crippen LogP) is 3.56. The zero-order valence-corrected chi connectivity index (χ0v) is 13.0. The van der Waals surface area contributed by atoms with Crippen molar-refractivity contribution in [1.82, 2.24) is 5.32 Å². The lowest BCUT2D eigenvalue weighted by Gasteiger charge is -2.21. The van der Waals surface area contributed by atoms with E-state index in [1.807, 2.05) is 49.4 Å². The molecule has 0 heterocycles. The number of aliphatic hydroxyl groups excluding tert-OH is 1. The van der Waals surface area contributed by atoms with Crippen molar-refractivity contribution in [3.05, 3.63) is 64.7 Å². The fourth-order valence-electron chi connectivity index (χ4n) is 2.21. The summed E-state index contributed by atoms with van der Waals surface area (Å²) in [6, 6.07) is 15.0.